The summed E-state index contributed by atoms with van der Waals surface area (Å²) in [6.07, 6.45) is 0.832. The number of nitrogens with one attached hydrogen (secondary N) is 2. The second kappa shape index (κ2) is 10.2. The van der Waals surface area contributed by atoms with Gasteiger partial charge >= 0.3 is 11.8 Å². The molecule has 0 spiro atoms. The van der Waals surface area contributed by atoms with E-state index in [-0.39, 0.29) is 6.10 Å². The second-order valence-electron chi connectivity index (χ2n) is 6.61. The number of benzene rings is 2. The molecule has 1 aliphatic rings. The summed E-state index contributed by atoms with van der Waals surface area (Å²) in [4.78, 5) is 26.2. The molecule has 0 bridgehead atoms. The molecular formula is C21H24ClN3O3. The van der Waals surface area contributed by atoms with E-state index >= 15 is 0 Å². The number of carbonyl (C=O) groups is 2. The monoisotopic (exact) mass is 401 g/mol. The lowest BCUT2D eigenvalue weighted by molar-refractivity contribution is -0.136. The predicted molar refractivity (Wildman–Crippen MR) is 109 cm³/mol. The highest BCUT2D eigenvalue weighted by molar-refractivity contribution is 6.41. The zero-order valence-electron chi connectivity index (χ0n) is 15.6. The first-order chi connectivity index (χ1) is 13.6. The summed E-state index contributed by atoms with van der Waals surface area (Å²) in [7, 11) is 0. The fourth-order valence-electron chi connectivity index (χ4n) is 3.10. The quantitative estimate of drug-likeness (QED) is 0.576. The van der Waals surface area contributed by atoms with Crippen molar-refractivity contribution < 1.29 is 14.3 Å². The fourth-order valence-corrected chi connectivity index (χ4v) is 3.28. The summed E-state index contributed by atoms with van der Waals surface area (Å²) < 4.78 is 5.86. The lowest BCUT2D eigenvalue weighted by Crippen LogP contribution is -2.41. The van der Waals surface area contributed by atoms with Crippen molar-refractivity contribution in [3.63, 3.8) is 0 Å². The van der Waals surface area contributed by atoms with E-state index in [0.717, 1.165) is 26.1 Å². The van der Waals surface area contributed by atoms with Gasteiger partial charge in [-0.1, -0.05) is 54.1 Å². The molecule has 148 valence electrons. The van der Waals surface area contributed by atoms with Gasteiger partial charge in [0.2, 0.25) is 0 Å². The SMILES string of the molecule is O=C(NCCCN1CCO[C@@H](c2ccccc2)C1)C(=O)Nc1ccccc1Cl. The van der Waals surface area contributed by atoms with E-state index in [4.69, 9.17) is 16.3 Å². The van der Waals surface area contributed by atoms with E-state index in [2.05, 4.69) is 27.7 Å². The minimum atomic E-state index is -0.719. The van der Waals surface area contributed by atoms with Crippen LogP contribution in [-0.4, -0.2) is 49.5 Å². The van der Waals surface area contributed by atoms with Gasteiger partial charge in [-0.25, -0.2) is 0 Å². The van der Waals surface area contributed by atoms with Crippen LogP contribution < -0.4 is 10.6 Å². The van der Waals surface area contributed by atoms with Crippen molar-refractivity contribution >= 4 is 29.1 Å². The molecule has 0 unspecified atom stereocenters. The highest BCUT2D eigenvalue weighted by Gasteiger charge is 2.21. The maximum Gasteiger partial charge on any atom is 0.313 e. The molecule has 2 aromatic carbocycles. The lowest BCUT2D eigenvalue weighted by atomic mass is 10.1. The average Bonchev–Trinajstić information content (AvgIpc) is 2.73. The summed E-state index contributed by atoms with van der Waals surface area (Å²) in [6.45, 7) is 3.64. The van der Waals surface area contributed by atoms with Crippen LogP contribution in [0.4, 0.5) is 5.69 Å². The van der Waals surface area contributed by atoms with Gasteiger partial charge in [-0.2, -0.15) is 0 Å². The highest BCUT2D eigenvalue weighted by Crippen LogP contribution is 2.22. The zero-order chi connectivity index (χ0) is 19.8. The van der Waals surface area contributed by atoms with Gasteiger partial charge in [-0.15, -0.1) is 0 Å². The summed E-state index contributed by atoms with van der Waals surface area (Å²) in [5, 5.41) is 5.56. The molecule has 0 aliphatic carbocycles. The van der Waals surface area contributed by atoms with E-state index in [9.17, 15) is 9.59 Å². The molecule has 0 aromatic heterocycles. The molecular weight excluding hydrogens is 378 g/mol. The largest absolute Gasteiger partial charge is 0.371 e. The van der Waals surface area contributed by atoms with Crippen LogP contribution in [0.15, 0.2) is 54.6 Å². The van der Waals surface area contributed by atoms with E-state index in [1.807, 2.05) is 18.2 Å². The molecule has 1 heterocycles. The number of amides is 2. The highest BCUT2D eigenvalue weighted by atomic mass is 35.5. The van der Waals surface area contributed by atoms with Crippen LogP contribution in [0.5, 0.6) is 0 Å². The lowest BCUT2D eigenvalue weighted by Gasteiger charge is -2.33. The van der Waals surface area contributed by atoms with Crippen LogP contribution in [0.1, 0.15) is 18.1 Å². The third kappa shape index (κ3) is 5.79. The number of ether oxygens (including phenoxy) is 1. The Labute approximate surface area is 169 Å². The minimum absolute atomic E-state index is 0.0749. The summed E-state index contributed by atoms with van der Waals surface area (Å²) in [5.41, 5.74) is 1.60. The van der Waals surface area contributed by atoms with Crippen molar-refractivity contribution in [3.8, 4) is 0 Å². The molecule has 0 radical (unpaired) electrons. The van der Waals surface area contributed by atoms with Crippen LogP contribution in [0.3, 0.4) is 0 Å². The van der Waals surface area contributed by atoms with Crippen LogP contribution in [0, 0.1) is 0 Å². The number of nitrogens with zero attached hydrogens (tertiary/aromatic N) is 1. The number of rotatable bonds is 6. The third-order valence-corrected chi connectivity index (χ3v) is 4.92. The minimum Gasteiger partial charge on any atom is -0.371 e. The zero-order valence-corrected chi connectivity index (χ0v) is 16.3. The van der Waals surface area contributed by atoms with E-state index in [1.54, 1.807) is 24.3 Å². The molecule has 3 rings (SSSR count). The van der Waals surface area contributed by atoms with Gasteiger partial charge in [0.15, 0.2) is 0 Å². The number of anilines is 1. The van der Waals surface area contributed by atoms with Crippen molar-refractivity contribution in [2.45, 2.75) is 12.5 Å². The smallest absolute Gasteiger partial charge is 0.313 e. The Bertz CT molecular complexity index is 800. The molecule has 2 amide bonds. The Morgan fingerprint density at radius 2 is 1.82 bits per heavy atom. The van der Waals surface area contributed by atoms with Crippen molar-refractivity contribution in [2.24, 2.45) is 0 Å². The van der Waals surface area contributed by atoms with Crippen molar-refractivity contribution in [1.82, 2.24) is 10.2 Å². The predicted octanol–water partition coefficient (Wildman–Crippen LogP) is 2.86. The molecule has 2 aromatic rings. The first-order valence-electron chi connectivity index (χ1n) is 9.36. The van der Waals surface area contributed by atoms with Gasteiger partial charge in [0, 0.05) is 26.2 Å². The van der Waals surface area contributed by atoms with Crippen molar-refractivity contribution in [2.75, 3.05) is 38.1 Å². The third-order valence-electron chi connectivity index (χ3n) is 4.59. The van der Waals surface area contributed by atoms with Gasteiger partial charge in [-0.3, -0.25) is 14.5 Å². The van der Waals surface area contributed by atoms with Gasteiger partial charge in [0.25, 0.3) is 0 Å². The summed E-state index contributed by atoms with van der Waals surface area (Å²) >= 11 is 5.98. The van der Waals surface area contributed by atoms with Crippen LogP contribution in [0.2, 0.25) is 5.02 Å². The maximum absolute atomic E-state index is 12.0. The Balaban J connectivity index is 1.37. The molecule has 6 nitrogen and oxygen atoms in total. The van der Waals surface area contributed by atoms with Gasteiger partial charge in [0.05, 0.1) is 23.4 Å². The van der Waals surface area contributed by atoms with E-state index < -0.39 is 11.8 Å². The van der Waals surface area contributed by atoms with Gasteiger partial charge < -0.3 is 15.4 Å². The second-order valence-corrected chi connectivity index (χ2v) is 7.02. The van der Waals surface area contributed by atoms with Crippen LogP contribution in [0.25, 0.3) is 0 Å². The Morgan fingerprint density at radius 1 is 1.07 bits per heavy atom. The molecule has 0 saturated carbocycles. The molecule has 1 fully saturated rings. The van der Waals surface area contributed by atoms with Gasteiger partial charge in [0.1, 0.15) is 0 Å². The number of morpholine rings is 1. The standard InChI is InChI=1S/C21H24ClN3O3/c22-17-9-4-5-10-18(17)24-21(27)20(26)23-11-6-12-25-13-14-28-19(15-25)16-7-2-1-3-8-16/h1-5,7-10,19H,6,11-15H2,(H,23,26)(H,24,27)/t19-/m1/s1. The first-order valence-corrected chi connectivity index (χ1v) is 9.74. The van der Waals surface area contributed by atoms with Gasteiger partial charge in [-0.05, 0) is 24.1 Å². The average molecular weight is 402 g/mol. The molecule has 1 saturated heterocycles. The number of carbonyl (C=O) groups excluding carboxylic acids is 2. The van der Waals surface area contributed by atoms with Crippen molar-refractivity contribution in [1.29, 1.82) is 0 Å². The Kier molecular flexibility index (Phi) is 7.42. The first kappa shape index (κ1) is 20.3. The number of para-hydroxylation sites is 1. The number of halogens is 1. The molecule has 1 aliphatic heterocycles. The fraction of sp³-hybridized carbons (Fsp3) is 0.333. The number of hydrogen-bond acceptors (Lipinski definition) is 4. The molecule has 1 atom stereocenters. The summed E-state index contributed by atoms with van der Waals surface area (Å²) in [6, 6.07) is 17.0. The molecule has 2 N–H and O–H groups in total. The topological polar surface area (TPSA) is 70.7 Å². The van der Waals surface area contributed by atoms with E-state index in [0.29, 0.717) is 23.9 Å². The Morgan fingerprint density at radius 3 is 2.61 bits per heavy atom. The van der Waals surface area contributed by atoms with Crippen molar-refractivity contribution in [3.05, 3.63) is 65.2 Å². The molecule has 28 heavy (non-hydrogen) atoms. The van der Waals surface area contributed by atoms with Crippen LogP contribution >= 0.6 is 11.6 Å². The number of hydrogen-bond donors (Lipinski definition) is 2. The Hall–Kier alpha value is -2.41. The molecule has 7 heteroatoms. The summed E-state index contributed by atoms with van der Waals surface area (Å²) in [5.74, 6) is -1.38. The van der Waals surface area contributed by atoms with E-state index in [1.165, 1.54) is 5.56 Å². The maximum atomic E-state index is 12.0. The normalized spacial score (nSPS) is 17.1. The van der Waals surface area contributed by atoms with Crippen LogP contribution in [-0.2, 0) is 14.3 Å².